The molecule has 0 unspecified atom stereocenters. The largest absolute Gasteiger partial charge is 0.390 e. The third-order valence-corrected chi connectivity index (χ3v) is 6.30. The van der Waals surface area contributed by atoms with Gasteiger partial charge >= 0.3 is 0 Å². The van der Waals surface area contributed by atoms with Crippen LogP contribution in [-0.4, -0.2) is 50.5 Å². The second-order valence-corrected chi connectivity index (χ2v) is 8.76. The van der Waals surface area contributed by atoms with E-state index in [1.165, 1.54) is 0 Å². The van der Waals surface area contributed by atoms with Crippen molar-refractivity contribution in [3.63, 3.8) is 0 Å². The fourth-order valence-electron chi connectivity index (χ4n) is 4.37. The van der Waals surface area contributed by atoms with Gasteiger partial charge in [0.25, 0.3) is 5.89 Å². The zero-order valence-corrected chi connectivity index (χ0v) is 18.3. The summed E-state index contributed by atoms with van der Waals surface area (Å²) < 4.78 is 10.6. The number of aliphatic hydroxyl groups is 1. The Balaban J connectivity index is 1.33. The number of aromatic amines is 1. The first kappa shape index (κ1) is 20.8. The van der Waals surface area contributed by atoms with Gasteiger partial charge in [0.05, 0.1) is 17.0 Å². The molecule has 1 saturated heterocycles. The zero-order chi connectivity index (χ0) is 22.3. The van der Waals surface area contributed by atoms with Crippen molar-refractivity contribution in [2.45, 2.75) is 51.6 Å². The van der Waals surface area contributed by atoms with Gasteiger partial charge < -0.3 is 19.4 Å². The molecule has 0 radical (unpaired) electrons. The Hall–Kier alpha value is -3.10. The first-order valence-corrected chi connectivity index (χ1v) is 10.9. The number of allylic oxidation sites excluding steroid dienone is 1. The van der Waals surface area contributed by atoms with Gasteiger partial charge in [-0.25, -0.2) is 4.99 Å². The summed E-state index contributed by atoms with van der Waals surface area (Å²) >= 11 is 0. The molecule has 8 nitrogen and oxygen atoms in total. The van der Waals surface area contributed by atoms with Gasteiger partial charge in [0, 0.05) is 42.5 Å². The van der Waals surface area contributed by atoms with Crippen LogP contribution in [0.2, 0.25) is 0 Å². The Kier molecular flexibility index (Phi) is 5.27. The summed E-state index contributed by atoms with van der Waals surface area (Å²) in [5.41, 5.74) is 4.38. The molecule has 166 valence electrons. The lowest BCUT2D eigenvalue weighted by atomic mass is 9.88. The quantitative estimate of drug-likeness (QED) is 0.606. The van der Waals surface area contributed by atoms with Crippen LogP contribution in [0.25, 0.3) is 28.2 Å². The first-order valence-electron chi connectivity index (χ1n) is 10.9. The Morgan fingerprint density at radius 1 is 1.22 bits per heavy atom. The molecule has 2 aliphatic heterocycles. The molecule has 0 atom stereocenters. The van der Waals surface area contributed by atoms with E-state index < -0.39 is 5.60 Å². The van der Waals surface area contributed by atoms with Gasteiger partial charge in [-0.1, -0.05) is 11.2 Å². The normalized spacial score (nSPS) is 18.4. The maximum atomic E-state index is 12.8. The smallest absolute Gasteiger partial charge is 0.274 e. The van der Waals surface area contributed by atoms with Crippen LogP contribution >= 0.6 is 0 Å². The van der Waals surface area contributed by atoms with Crippen molar-refractivity contribution in [3.05, 3.63) is 41.2 Å². The second-order valence-electron chi connectivity index (χ2n) is 8.76. The van der Waals surface area contributed by atoms with Gasteiger partial charge in [0.1, 0.15) is 5.69 Å². The summed E-state index contributed by atoms with van der Waals surface area (Å²) in [7, 11) is 0. The highest BCUT2D eigenvalue weighted by Gasteiger charge is 2.31. The van der Waals surface area contributed by atoms with Crippen LogP contribution in [0.1, 0.15) is 50.4 Å². The number of ketones is 1. The fourth-order valence-corrected chi connectivity index (χ4v) is 4.37. The number of carbonyl (C=O) groups excluding carboxylic acids is 1. The number of nitrogens with zero attached hydrogens (tertiary/aromatic N) is 3. The number of hydrogen-bond donors (Lipinski definition) is 2. The lowest BCUT2D eigenvalue weighted by Crippen LogP contribution is -2.36. The van der Waals surface area contributed by atoms with Crippen molar-refractivity contribution in [1.29, 1.82) is 0 Å². The molecule has 0 aliphatic carbocycles. The topological polar surface area (TPSA) is 114 Å². The Morgan fingerprint density at radius 2 is 2.03 bits per heavy atom. The van der Waals surface area contributed by atoms with Crippen LogP contribution in [0.5, 0.6) is 0 Å². The number of carbonyl (C=O) groups is 1. The van der Waals surface area contributed by atoms with E-state index in [0.29, 0.717) is 62.7 Å². The van der Waals surface area contributed by atoms with Crippen LogP contribution < -0.4 is 0 Å². The highest BCUT2D eigenvalue weighted by atomic mass is 16.5. The van der Waals surface area contributed by atoms with Gasteiger partial charge in [-0.05, 0) is 56.9 Å². The van der Waals surface area contributed by atoms with Crippen LogP contribution in [0.3, 0.4) is 0 Å². The highest BCUT2D eigenvalue weighted by Crippen LogP contribution is 2.33. The van der Waals surface area contributed by atoms with E-state index in [1.54, 1.807) is 6.92 Å². The van der Waals surface area contributed by atoms with E-state index in [0.717, 1.165) is 33.4 Å². The standard InChI is InChI=1S/C24H26N4O4/c1-14-11-19(21(29)5-6-24(30)7-9-31-10-8-24)27-22(14)16-3-4-18-17(12-16)13-20(26-18)23-25-15(2)28-32-23/h3-4,12-13,26,30H,5-11H2,1-2H3. The molecule has 5 rings (SSSR count). The predicted octanol–water partition coefficient (Wildman–Crippen LogP) is 3.99. The maximum Gasteiger partial charge on any atom is 0.274 e. The molecule has 2 aromatic heterocycles. The molecule has 32 heavy (non-hydrogen) atoms. The van der Waals surface area contributed by atoms with Crippen LogP contribution in [0, 0.1) is 6.92 Å². The van der Waals surface area contributed by atoms with Crippen molar-refractivity contribution in [2.75, 3.05) is 13.2 Å². The molecule has 0 saturated carbocycles. The van der Waals surface area contributed by atoms with Crippen LogP contribution in [0.4, 0.5) is 0 Å². The first-order chi connectivity index (χ1) is 15.4. The molecule has 8 heteroatoms. The molecule has 0 amide bonds. The number of benzene rings is 1. The van der Waals surface area contributed by atoms with Crippen molar-refractivity contribution in [2.24, 2.45) is 4.99 Å². The lowest BCUT2D eigenvalue weighted by molar-refractivity contribution is -0.116. The lowest BCUT2D eigenvalue weighted by Gasteiger charge is -2.31. The minimum Gasteiger partial charge on any atom is -0.390 e. The number of H-pyrrole nitrogens is 1. The molecule has 0 spiro atoms. The second kappa shape index (κ2) is 8.11. The average molecular weight is 434 g/mol. The monoisotopic (exact) mass is 434 g/mol. The van der Waals surface area contributed by atoms with Gasteiger partial charge in [-0.15, -0.1) is 0 Å². The van der Waals surface area contributed by atoms with E-state index in [-0.39, 0.29) is 5.78 Å². The molecule has 1 fully saturated rings. The van der Waals surface area contributed by atoms with Crippen molar-refractivity contribution in [1.82, 2.24) is 15.1 Å². The molecular weight excluding hydrogens is 408 g/mol. The number of ether oxygens (including phenoxy) is 1. The molecule has 3 aromatic rings. The zero-order valence-electron chi connectivity index (χ0n) is 18.3. The predicted molar refractivity (Wildman–Crippen MR) is 120 cm³/mol. The number of aryl methyl sites for hydroxylation is 1. The third-order valence-electron chi connectivity index (χ3n) is 6.30. The van der Waals surface area contributed by atoms with Gasteiger partial charge in [-0.3, -0.25) is 4.79 Å². The average Bonchev–Trinajstić information content (AvgIpc) is 3.50. The number of hydrogen-bond acceptors (Lipinski definition) is 7. The number of aromatic nitrogens is 3. The molecule has 2 N–H and O–H groups in total. The van der Waals surface area contributed by atoms with Crippen molar-refractivity contribution < 1.29 is 19.2 Å². The van der Waals surface area contributed by atoms with Crippen molar-refractivity contribution in [3.8, 4) is 11.6 Å². The third kappa shape index (κ3) is 4.03. The van der Waals surface area contributed by atoms with Gasteiger partial charge in [-0.2, -0.15) is 4.98 Å². The fraction of sp³-hybridized carbons (Fsp3) is 0.417. The number of rotatable bonds is 6. The Labute approximate surface area is 185 Å². The van der Waals surface area contributed by atoms with E-state index in [2.05, 4.69) is 21.2 Å². The summed E-state index contributed by atoms with van der Waals surface area (Å²) in [5.74, 6) is 1.05. The van der Waals surface area contributed by atoms with Crippen LogP contribution in [0.15, 0.2) is 39.4 Å². The Bertz CT molecular complexity index is 1240. The summed E-state index contributed by atoms with van der Waals surface area (Å²) in [4.78, 5) is 25.1. The maximum absolute atomic E-state index is 12.8. The Morgan fingerprint density at radius 3 is 2.78 bits per heavy atom. The van der Waals surface area contributed by atoms with Crippen molar-refractivity contribution >= 4 is 28.1 Å². The van der Waals surface area contributed by atoms with Gasteiger partial charge in [0.15, 0.2) is 11.6 Å². The summed E-state index contributed by atoms with van der Waals surface area (Å²) in [6.45, 7) is 4.89. The summed E-state index contributed by atoms with van der Waals surface area (Å²) in [6, 6.07) is 8.02. The van der Waals surface area contributed by atoms with E-state index in [4.69, 9.17) is 14.3 Å². The van der Waals surface area contributed by atoms with Crippen LogP contribution in [-0.2, 0) is 9.53 Å². The molecule has 1 aromatic carbocycles. The molecule has 2 aliphatic rings. The minimum absolute atomic E-state index is 0.0102. The number of nitrogens with one attached hydrogen (secondary N) is 1. The van der Waals surface area contributed by atoms with E-state index in [1.807, 2.05) is 25.1 Å². The summed E-state index contributed by atoms with van der Waals surface area (Å²) in [5, 5.41) is 15.5. The molecular formula is C24H26N4O4. The SMILES string of the molecule is CC1=C(c2ccc3[nH]c(-c4nc(C)no4)cc3c2)N=C(C(=O)CCC2(O)CCOCC2)C1. The number of aliphatic imine (C=N–C) groups is 1. The molecule has 0 bridgehead atoms. The number of fused-ring (bicyclic) bond motifs is 1. The van der Waals surface area contributed by atoms with E-state index in [9.17, 15) is 9.90 Å². The van der Waals surface area contributed by atoms with E-state index >= 15 is 0 Å². The highest BCUT2D eigenvalue weighted by molar-refractivity contribution is 6.42. The number of Topliss-reactive ketones (excluding diaryl/α,β-unsaturated/α-hetero) is 1. The molecule has 4 heterocycles. The minimum atomic E-state index is -0.799. The van der Waals surface area contributed by atoms with Gasteiger partial charge in [0.2, 0.25) is 0 Å². The summed E-state index contributed by atoms with van der Waals surface area (Å²) in [6.07, 6.45) is 2.47.